The standard InChI is InChI=1S/C13H7FN2O2/c14-11-7-16-12(5-10(11)13(17)18)9-3-1-8(6-15)2-4-9/h1-5,7H,(H,17,18). The molecule has 18 heavy (non-hydrogen) atoms. The average molecular weight is 242 g/mol. The van der Waals surface area contributed by atoms with Gasteiger partial charge in [-0.1, -0.05) is 12.1 Å². The molecule has 4 nitrogen and oxygen atoms in total. The molecule has 2 rings (SSSR count). The highest BCUT2D eigenvalue weighted by Crippen LogP contribution is 2.20. The number of halogens is 1. The van der Waals surface area contributed by atoms with Crippen LogP contribution in [0.4, 0.5) is 4.39 Å². The molecular weight excluding hydrogens is 235 g/mol. The van der Waals surface area contributed by atoms with Crippen molar-refractivity contribution in [3.8, 4) is 17.3 Å². The molecule has 0 bridgehead atoms. The molecule has 0 aliphatic rings. The second kappa shape index (κ2) is 4.63. The number of aromatic nitrogens is 1. The van der Waals surface area contributed by atoms with Crippen LogP contribution < -0.4 is 0 Å². The highest BCUT2D eigenvalue weighted by molar-refractivity contribution is 5.89. The summed E-state index contributed by atoms with van der Waals surface area (Å²) >= 11 is 0. The van der Waals surface area contributed by atoms with Crippen molar-refractivity contribution in [3.63, 3.8) is 0 Å². The number of carboxylic acid groups (broad SMARTS) is 1. The topological polar surface area (TPSA) is 74.0 Å². The van der Waals surface area contributed by atoms with Gasteiger partial charge in [-0.2, -0.15) is 5.26 Å². The molecule has 0 fully saturated rings. The Bertz CT molecular complexity index is 645. The molecule has 5 heteroatoms. The Balaban J connectivity index is 2.48. The van der Waals surface area contributed by atoms with Crippen LogP contribution in [0.1, 0.15) is 15.9 Å². The van der Waals surface area contributed by atoms with Crippen LogP contribution >= 0.6 is 0 Å². The Kier molecular flexibility index (Phi) is 3.02. The second-order valence-electron chi connectivity index (χ2n) is 3.54. The third-order valence-electron chi connectivity index (χ3n) is 2.40. The molecule has 0 aliphatic carbocycles. The summed E-state index contributed by atoms with van der Waals surface area (Å²) in [7, 11) is 0. The molecule has 2 aromatic rings. The average Bonchev–Trinajstić information content (AvgIpc) is 2.39. The normalized spacial score (nSPS) is 9.78. The first-order valence-corrected chi connectivity index (χ1v) is 5.01. The summed E-state index contributed by atoms with van der Waals surface area (Å²) in [6.07, 6.45) is 0.872. The van der Waals surface area contributed by atoms with Crippen LogP contribution in [-0.2, 0) is 0 Å². The Morgan fingerprint density at radius 1 is 1.33 bits per heavy atom. The third kappa shape index (κ3) is 2.18. The van der Waals surface area contributed by atoms with Gasteiger partial charge in [-0.25, -0.2) is 9.18 Å². The van der Waals surface area contributed by atoms with Crippen molar-refractivity contribution in [2.75, 3.05) is 0 Å². The van der Waals surface area contributed by atoms with Gasteiger partial charge < -0.3 is 5.11 Å². The number of benzene rings is 1. The summed E-state index contributed by atoms with van der Waals surface area (Å²) in [6, 6.07) is 9.56. The Labute approximate surface area is 102 Å². The lowest BCUT2D eigenvalue weighted by molar-refractivity contribution is 0.0691. The van der Waals surface area contributed by atoms with E-state index in [-0.39, 0.29) is 0 Å². The second-order valence-corrected chi connectivity index (χ2v) is 3.54. The molecule has 1 aromatic heterocycles. The van der Waals surface area contributed by atoms with Crippen molar-refractivity contribution < 1.29 is 14.3 Å². The predicted molar refractivity (Wildman–Crippen MR) is 61.3 cm³/mol. The molecule has 0 radical (unpaired) electrons. The van der Waals surface area contributed by atoms with Gasteiger partial charge in [-0.15, -0.1) is 0 Å². The Morgan fingerprint density at radius 2 is 2.00 bits per heavy atom. The fraction of sp³-hybridized carbons (Fsp3) is 0. The first kappa shape index (κ1) is 11.7. The maximum Gasteiger partial charge on any atom is 0.338 e. The van der Waals surface area contributed by atoms with E-state index in [1.54, 1.807) is 24.3 Å². The summed E-state index contributed by atoms with van der Waals surface area (Å²) < 4.78 is 13.2. The van der Waals surface area contributed by atoms with E-state index in [1.165, 1.54) is 6.07 Å². The largest absolute Gasteiger partial charge is 0.478 e. The highest BCUT2D eigenvalue weighted by atomic mass is 19.1. The lowest BCUT2D eigenvalue weighted by Crippen LogP contribution is -2.02. The van der Waals surface area contributed by atoms with Crippen LogP contribution in [0.15, 0.2) is 36.5 Å². The summed E-state index contributed by atoms with van der Waals surface area (Å²) in [4.78, 5) is 14.6. The fourth-order valence-corrected chi connectivity index (χ4v) is 1.48. The number of nitrogens with zero attached hydrogens (tertiary/aromatic N) is 2. The number of pyridine rings is 1. The van der Waals surface area contributed by atoms with E-state index in [1.807, 2.05) is 6.07 Å². The first-order chi connectivity index (χ1) is 8.61. The van der Waals surface area contributed by atoms with E-state index in [0.717, 1.165) is 6.20 Å². The lowest BCUT2D eigenvalue weighted by Gasteiger charge is -2.03. The van der Waals surface area contributed by atoms with E-state index in [0.29, 0.717) is 16.8 Å². The first-order valence-electron chi connectivity index (χ1n) is 5.01. The van der Waals surface area contributed by atoms with Gasteiger partial charge in [-0.3, -0.25) is 4.98 Å². The van der Waals surface area contributed by atoms with Gasteiger partial charge in [-0.05, 0) is 18.2 Å². The van der Waals surface area contributed by atoms with Crippen molar-refractivity contribution in [1.82, 2.24) is 4.98 Å². The zero-order chi connectivity index (χ0) is 13.1. The summed E-state index contributed by atoms with van der Waals surface area (Å²) in [5.74, 6) is -2.22. The number of aromatic carboxylic acids is 1. The number of hydrogen-bond donors (Lipinski definition) is 1. The minimum absolute atomic E-state index is 0.346. The quantitative estimate of drug-likeness (QED) is 0.877. The molecule has 1 heterocycles. The molecule has 0 saturated carbocycles. The molecule has 88 valence electrons. The number of carbonyl (C=O) groups is 1. The lowest BCUT2D eigenvalue weighted by atomic mass is 10.1. The maximum absolute atomic E-state index is 13.2. The number of carboxylic acids is 1. The zero-order valence-electron chi connectivity index (χ0n) is 9.09. The van der Waals surface area contributed by atoms with Crippen molar-refractivity contribution in [2.24, 2.45) is 0 Å². The molecule has 1 N–H and O–H groups in total. The van der Waals surface area contributed by atoms with Gasteiger partial charge in [0.25, 0.3) is 0 Å². The van der Waals surface area contributed by atoms with Crippen LogP contribution in [0.2, 0.25) is 0 Å². The Hall–Kier alpha value is -2.74. The SMILES string of the molecule is N#Cc1ccc(-c2cc(C(=O)O)c(F)cn2)cc1. The van der Waals surface area contributed by atoms with E-state index in [2.05, 4.69) is 4.98 Å². The molecule has 0 unspecified atom stereocenters. The zero-order valence-corrected chi connectivity index (χ0v) is 9.09. The van der Waals surface area contributed by atoms with Gasteiger partial charge >= 0.3 is 5.97 Å². The molecule has 0 aliphatic heterocycles. The van der Waals surface area contributed by atoms with E-state index < -0.39 is 17.3 Å². The molecule has 0 spiro atoms. The van der Waals surface area contributed by atoms with Crippen molar-refractivity contribution in [1.29, 1.82) is 5.26 Å². The van der Waals surface area contributed by atoms with Crippen LogP contribution in [0.3, 0.4) is 0 Å². The molecule has 1 aromatic carbocycles. The summed E-state index contributed by atoms with van der Waals surface area (Å²) in [5.41, 5.74) is 1.03. The van der Waals surface area contributed by atoms with Gasteiger partial charge in [0.15, 0.2) is 5.82 Å². The number of nitriles is 1. The summed E-state index contributed by atoms with van der Waals surface area (Å²) in [5, 5.41) is 17.5. The minimum Gasteiger partial charge on any atom is -0.478 e. The molecule has 0 saturated heterocycles. The van der Waals surface area contributed by atoms with Crippen LogP contribution in [-0.4, -0.2) is 16.1 Å². The maximum atomic E-state index is 13.2. The molecule has 0 amide bonds. The third-order valence-corrected chi connectivity index (χ3v) is 2.40. The van der Waals surface area contributed by atoms with Gasteiger partial charge in [0.2, 0.25) is 0 Å². The monoisotopic (exact) mass is 242 g/mol. The number of hydrogen-bond acceptors (Lipinski definition) is 3. The minimum atomic E-state index is -1.34. The predicted octanol–water partition coefficient (Wildman–Crippen LogP) is 2.46. The van der Waals surface area contributed by atoms with Crippen LogP contribution in [0.5, 0.6) is 0 Å². The van der Waals surface area contributed by atoms with Gasteiger partial charge in [0, 0.05) is 5.56 Å². The van der Waals surface area contributed by atoms with E-state index >= 15 is 0 Å². The van der Waals surface area contributed by atoms with Crippen molar-refractivity contribution in [2.45, 2.75) is 0 Å². The van der Waals surface area contributed by atoms with Gasteiger partial charge in [0.1, 0.15) is 0 Å². The fourth-order valence-electron chi connectivity index (χ4n) is 1.48. The summed E-state index contributed by atoms with van der Waals surface area (Å²) in [6.45, 7) is 0. The smallest absolute Gasteiger partial charge is 0.338 e. The van der Waals surface area contributed by atoms with Gasteiger partial charge in [0.05, 0.1) is 29.1 Å². The van der Waals surface area contributed by atoms with Crippen LogP contribution in [0, 0.1) is 17.1 Å². The Morgan fingerprint density at radius 3 is 2.56 bits per heavy atom. The van der Waals surface area contributed by atoms with E-state index in [4.69, 9.17) is 10.4 Å². The molecular formula is C13H7FN2O2. The van der Waals surface area contributed by atoms with Crippen LogP contribution in [0.25, 0.3) is 11.3 Å². The highest BCUT2D eigenvalue weighted by Gasteiger charge is 2.12. The van der Waals surface area contributed by atoms with Crippen molar-refractivity contribution >= 4 is 5.97 Å². The van der Waals surface area contributed by atoms with E-state index in [9.17, 15) is 9.18 Å². The van der Waals surface area contributed by atoms with Crippen molar-refractivity contribution in [3.05, 3.63) is 53.5 Å². The number of rotatable bonds is 2. The molecule has 0 atom stereocenters.